The summed E-state index contributed by atoms with van der Waals surface area (Å²) in [7, 11) is 4.90. The molecule has 1 N–H and O–H groups in total. The Labute approximate surface area is 196 Å². The molecule has 0 atom stereocenters. The molecule has 0 saturated carbocycles. The lowest BCUT2D eigenvalue weighted by Crippen LogP contribution is -2.03. The lowest BCUT2D eigenvalue weighted by molar-refractivity contribution is 0.399. The summed E-state index contributed by atoms with van der Waals surface area (Å²) in [5.41, 5.74) is 3.84. The third-order valence-corrected chi connectivity index (χ3v) is 4.71. The molecule has 0 aliphatic rings. The first-order valence-corrected chi connectivity index (χ1v) is 11.1. The first-order chi connectivity index (χ1) is 16.0. The fourth-order valence-corrected chi connectivity index (χ4v) is 3.14. The van der Waals surface area contributed by atoms with Gasteiger partial charge in [-0.1, -0.05) is 39.8 Å². The second-order valence-corrected chi connectivity index (χ2v) is 6.53. The molecule has 0 spiro atoms. The van der Waals surface area contributed by atoms with E-state index in [1.54, 1.807) is 27.4 Å². The molecule has 178 valence electrons. The van der Waals surface area contributed by atoms with Crippen molar-refractivity contribution in [2.75, 3.05) is 21.3 Å². The van der Waals surface area contributed by atoms with Crippen molar-refractivity contribution in [2.45, 2.75) is 41.5 Å². The average Bonchev–Trinajstić information content (AvgIpc) is 2.87. The summed E-state index contributed by atoms with van der Waals surface area (Å²) < 4.78 is 15.6. The van der Waals surface area contributed by atoms with E-state index >= 15 is 0 Å². The maximum atomic E-state index is 11.1. The van der Waals surface area contributed by atoms with Crippen LogP contribution in [0, 0.1) is 13.8 Å². The highest BCUT2D eigenvalue weighted by Gasteiger charge is 2.06. The van der Waals surface area contributed by atoms with Gasteiger partial charge in [0.15, 0.2) is 0 Å². The van der Waals surface area contributed by atoms with Crippen molar-refractivity contribution in [3.8, 4) is 17.4 Å². The Balaban J connectivity index is 0.000000288. The molecular weight excluding hydrogens is 416 g/mol. The Bertz CT molecular complexity index is 1220. The molecule has 2 aromatic heterocycles. The zero-order chi connectivity index (χ0) is 25.0. The minimum absolute atomic E-state index is 0.0890. The van der Waals surface area contributed by atoms with Gasteiger partial charge in [0.2, 0.25) is 11.4 Å². The largest absolute Gasteiger partial charge is 0.496 e. The van der Waals surface area contributed by atoms with E-state index in [2.05, 4.69) is 9.97 Å². The molecule has 4 aromatic rings. The van der Waals surface area contributed by atoms with Crippen LogP contribution in [0.15, 0.2) is 53.3 Å². The lowest BCUT2D eigenvalue weighted by Gasteiger charge is -2.08. The van der Waals surface area contributed by atoms with Gasteiger partial charge in [0.25, 0.3) is 0 Å². The van der Waals surface area contributed by atoms with Crippen molar-refractivity contribution < 1.29 is 14.2 Å². The smallest absolute Gasteiger partial charge is 0.248 e. The molecule has 0 radical (unpaired) electrons. The van der Waals surface area contributed by atoms with Crippen LogP contribution in [0.1, 0.15) is 38.8 Å². The van der Waals surface area contributed by atoms with Crippen molar-refractivity contribution in [1.82, 2.24) is 9.97 Å². The van der Waals surface area contributed by atoms with Crippen LogP contribution in [0.2, 0.25) is 0 Å². The predicted molar refractivity (Wildman–Crippen MR) is 138 cm³/mol. The van der Waals surface area contributed by atoms with Crippen molar-refractivity contribution in [2.24, 2.45) is 0 Å². The Morgan fingerprint density at radius 3 is 1.79 bits per heavy atom. The monoisotopic (exact) mass is 452 g/mol. The van der Waals surface area contributed by atoms with Crippen LogP contribution < -0.4 is 19.8 Å². The second-order valence-electron chi connectivity index (χ2n) is 6.53. The van der Waals surface area contributed by atoms with Crippen LogP contribution >= 0.6 is 0 Å². The molecule has 0 saturated heterocycles. The van der Waals surface area contributed by atoms with E-state index in [1.807, 2.05) is 77.9 Å². The molecule has 0 bridgehead atoms. The first-order valence-electron chi connectivity index (χ1n) is 11.1. The van der Waals surface area contributed by atoms with Gasteiger partial charge < -0.3 is 19.2 Å². The number of H-pyrrole nitrogens is 1. The molecule has 0 amide bonds. The number of nitrogens with one attached hydrogen (secondary N) is 1. The van der Waals surface area contributed by atoms with Gasteiger partial charge in [-0.15, -0.1) is 0 Å². The molecular formula is C27H36N2O4. The summed E-state index contributed by atoms with van der Waals surface area (Å²) in [4.78, 5) is 18.3. The maximum Gasteiger partial charge on any atom is 0.248 e. The Kier molecular flexibility index (Phi) is 11.5. The highest BCUT2D eigenvalue weighted by molar-refractivity contribution is 5.88. The molecule has 2 aromatic carbocycles. The van der Waals surface area contributed by atoms with Gasteiger partial charge in [0.1, 0.15) is 11.5 Å². The number of hydrogen-bond donors (Lipinski definition) is 1. The van der Waals surface area contributed by atoms with Gasteiger partial charge in [-0.05, 0) is 49.2 Å². The van der Waals surface area contributed by atoms with Gasteiger partial charge in [-0.2, -0.15) is 0 Å². The van der Waals surface area contributed by atoms with Crippen LogP contribution in [0.5, 0.6) is 17.4 Å². The molecule has 0 unspecified atom stereocenters. The van der Waals surface area contributed by atoms with Crippen LogP contribution in [0.3, 0.4) is 0 Å². The van der Waals surface area contributed by atoms with Gasteiger partial charge in [-0.25, -0.2) is 4.98 Å². The number of rotatable bonds is 3. The molecule has 0 aliphatic carbocycles. The maximum absolute atomic E-state index is 11.1. The number of pyridine rings is 2. The van der Waals surface area contributed by atoms with Gasteiger partial charge >= 0.3 is 0 Å². The number of fused-ring (bicyclic) bond motifs is 2. The third-order valence-electron chi connectivity index (χ3n) is 4.71. The van der Waals surface area contributed by atoms with Gasteiger partial charge in [0.05, 0.1) is 32.4 Å². The minimum atomic E-state index is -0.0890. The SMILES string of the molecule is CC.CC.COc1ccc(C)c2[nH]c(=O)ccc12.COc1ccc2c(OC)ccc(C)c2n1. The Morgan fingerprint density at radius 1 is 0.667 bits per heavy atom. The quantitative estimate of drug-likeness (QED) is 0.386. The number of nitrogens with zero attached hydrogens (tertiary/aromatic N) is 1. The standard InChI is InChI=1S/C12H13NO2.C11H11NO2.2C2H6/c1-8-4-6-10(14-2)9-5-7-11(15-3)13-12(8)9;1-7-3-5-9(14-2)8-4-6-10(13)12-11(7)8;2*1-2/h4-7H,1-3H3;3-6H,1-2H3,(H,12,13);2*1-2H3. The topological polar surface area (TPSA) is 73.4 Å². The van der Waals surface area contributed by atoms with E-state index in [0.717, 1.165) is 44.4 Å². The van der Waals surface area contributed by atoms with Crippen LogP contribution in [0.25, 0.3) is 21.8 Å². The van der Waals surface area contributed by atoms with Crippen LogP contribution in [0.4, 0.5) is 0 Å². The molecule has 0 aliphatic heterocycles. The van der Waals surface area contributed by atoms with E-state index in [-0.39, 0.29) is 5.56 Å². The van der Waals surface area contributed by atoms with Crippen molar-refractivity contribution in [3.63, 3.8) is 0 Å². The summed E-state index contributed by atoms with van der Waals surface area (Å²) in [6.45, 7) is 12.0. The normalized spacial score (nSPS) is 9.48. The zero-order valence-electron chi connectivity index (χ0n) is 21.2. The third kappa shape index (κ3) is 6.72. The minimum Gasteiger partial charge on any atom is -0.496 e. The van der Waals surface area contributed by atoms with E-state index in [4.69, 9.17) is 14.2 Å². The number of benzene rings is 2. The number of aryl methyl sites for hydroxylation is 2. The summed E-state index contributed by atoms with van der Waals surface area (Å²) in [6.07, 6.45) is 0. The van der Waals surface area contributed by atoms with Gasteiger partial charge in [0, 0.05) is 22.9 Å². The predicted octanol–water partition coefficient (Wildman–Crippen LogP) is 6.46. The number of hydrogen-bond acceptors (Lipinski definition) is 5. The summed E-state index contributed by atoms with van der Waals surface area (Å²) in [6, 6.07) is 14.9. The van der Waals surface area contributed by atoms with E-state index in [1.165, 1.54) is 6.07 Å². The second kappa shape index (κ2) is 13.8. The summed E-state index contributed by atoms with van der Waals surface area (Å²) >= 11 is 0. The number of aromatic amines is 1. The summed E-state index contributed by atoms with van der Waals surface area (Å²) in [5.74, 6) is 2.24. The first kappa shape index (κ1) is 27.5. The lowest BCUT2D eigenvalue weighted by atomic mass is 10.1. The highest BCUT2D eigenvalue weighted by Crippen LogP contribution is 2.28. The van der Waals surface area contributed by atoms with Crippen LogP contribution in [-0.2, 0) is 0 Å². The van der Waals surface area contributed by atoms with Crippen molar-refractivity contribution in [1.29, 1.82) is 0 Å². The summed E-state index contributed by atoms with van der Waals surface area (Å²) in [5, 5.41) is 1.95. The molecule has 2 heterocycles. The molecule has 33 heavy (non-hydrogen) atoms. The molecule has 6 heteroatoms. The number of ether oxygens (including phenoxy) is 3. The van der Waals surface area contributed by atoms with E-state index < -0.39 is 0 Å². The number of methoxy groups -OCH3 is 3. The van der Waals surface area contributed by atoms with Gasteiger partial charge in [-0.3, -0.25) is 4.79 Å². The average molecular weight is 453 g/mol. The fraction of sp³-hybridized carbons (Fsp3) is 0.333. The van der Waals surface area contributed by atoms with E-state index in [9.17, 15) is 4.79 Å². The van der Waals surface area contributed by atoms with Crippen LogP contribution in [-0.4, -0.2) is 31.3 Å². The molecule has 6 nitrogen and oxygen atoms in total. The van der Waals surface area contributed by atoms with E-state index in [0.29, 0.717) is 5.88 Å². The van der Waals surface area contributed by atoms with Crippen molar-refractivity contribution >= 4 is 21.8 Å². The number of aromatic nitrogens is 2. The fourth-order valence-electron chi connectivity index (χ4n) is 3.14. The molecule has 0 fully saturated rings. The molecule has 4 rings (SSSR count). The van der Waals surface area contributed by atoms with Crippen molar-refractivity contribution in [3.05, 3.63) is 70.0 Å². The zero-order valence-corrected chi connectivity index (χ0v) is 21.2. The Hall–Kier alpha value is -3.54. The Morgan fingerprint density at radius 2 is 1.21 bits per heavy atom. The highest BCUT2D eigenvalue weighted by atomic mass is 16.5.